The largest absolute Gasteiger partial charge is 0.416 e. The first kappa shape index (κ1) is 17.1. The van der Waals surface area contributed by atoms with E-state index in [1.807, 2.05) is 0 Å². The van der Waals surface area contributed by atoms with Crippen LogP contribution in [0.4, 0.5) is 26.3 Å². The maximum Gasteiger partial charge on any atom is 0.416 e. The summed E-state index contributed by atoms with van der Waals surface area (Å²) in [5.41, 5.74) is -2.97. The summed E-state index contributed by atoms with van der Waals surface area (Å²) < 4.78 is 76.5. The summed E-state index contributed by atoms with van der Waals surface area (Å²) in [5, 5.41) is 0. The van der Waals surface area contributed by atoms with Gasteiger partial charge >= 0.3 is 12.4 Å². The molecule has 0 unspecified atom stereocenters. The number of rotatable bonds is 3. The lowest BCUT2D eigenvalue weighted by molar-refractivity contribution is -0.143. The van der Waals surface area contributed by atoms with Gasteiger partial charge < -0.3 is 0 Å². The van der Waals surface area contributed by atoms with Gasteiger partial charge in [0.2, 0.25) is 0 Å². The predicted molar refractivity (Wildman–Crippen MR) is 70.9 cm³/mol. The molecule has 2 aromatic carbocycles. The fourth-order valence-corrected chi connectivity index (χ4v) is 2.03. The van der Waals surface area contributed by atoms with E-state index in [1.54, 1.807) is 18.2 Å². The zero-order chi connectivity index (χ0) is 17.3. The fourth-order valence-electron chi connectivity index (χ4n) is 2.03. The Bertz CT molecular complexity index is 668. The molecule has 2 aromatic rings. The van der Waals surface area contributed by atoms with Crippen LogP contribution in [0.2, 0.25) is 0 Å². The van der Waals surface area contributed by atoms with Gasteiger partial charge in [-0.2, -0.15) is 26.3 Å². The van der Waals surface area contributed by atoms with Gasteiger partial charge in [-0.15, -0.1) is 0 Å². The Balaban J connectivity index is 2.40. The molecule has 2 rings (SSSR count). The van der Waals surface area contributed by atoms with Crippen LogP contribution in [0.5, 0.6) is 0 Å². The normalized spacial score (nSPS) is 12.3. The van der Waals surface area contributed by atoms with Crippen LogP contribution in [-0.2, 0) is 18.8 Å². The molecule has 0 aliphatic rings. The van der Waals surface area contributed by atoms with Gasteiger partial charge in [0, 0.05) is 12.0 Å². The number of benzene rings is 2. The number of Topliss-reactive ketones (excluding diaryl/α,β-unsaturated/α-hetero) is 1. The average Bonchev–Trinajstić information content (AvgIpc) is 2.46. The fraction of sp³-hybridized carbons (Fsp3) is 0.188. The quantitative estimate of drug-likeness (QED) is 0.561. The third-order valence-electron chi connectivity index (χ3n) is 3.11. The van der Waals surface area contributed by atoms with E-state index in [2.05, 4.69) is 0 Å². The number of hydrogen-bond donors (Lipinski definition) is 0. The molecule has 0 spiro atoms. The Hall–Kier alpha value is -2.31. The Morgan fingerprint density at radius 1 is 0.783 bits per heavy atom. The minimum absolute atomic E-state index is 0.0382. The van der Waals surface area contributed by atoms with Crippen molar-refractivity contribution >= 4 is 5.78 Å². The number of hydrogen-bond acceptors (Lipinski definition) is 1. The molecule has 0 heterocycles. The molecule has 7 heteroatoms. The summed E-state index contributed by atoms with van der Waals surface area (Å²) in [5.74, 6) is -0.557. The lowest BCUT2D eigenvalue weighted by Gasteiger charge is -2.14. The number of alkyl halides is 6. The Labute approximate surface area is 127 Å². The van der Waals surface area contributed by atoms with Gasteiger partial charge in [0.1, 0.15) is 0 Å². The smallest absolute Gasteiger partial charge is 0.294 e. The molecule has 0 fully saturated rings. The van der Waals surface area contributed by atoms with Gasteiger partial charge in [-0.1, -0.05) is 30.3 Å². The van der Waals surface area contributed by atoms with Crippen molar-refractivity contribution in [2.75, 3.05) is 0 Å². The first-order valence-corrected chi connectivity index (χ1v) is 6.44. The average molecular weight is 332 g/mol. The van der Waals surface area contributed by atoms with E-state index >= 15 is 0 Å². The summed E-state index contributed by atoms with van der Waals surface area (Å²) >= 11 is 0. The lowest BCUT2D eigenvalue weighted by atomic mass is 9.98. The number of ketones is 1. The van der Waals surface area contributed by atoms with Crippen molar-refractivity contribution in [3.8, 4) is 0 Å². The molecule has 0 aliphatic heterocycles. The molecule has 1 nitrogen and oxygen atoms in total. The minimum atomic E-state index is -4.92. The molecule has 0 atom stereocenters. The molecule has 0 N–H and O–H groups in total. The van der Waals surface area contributed by atoms with Gasteiger partial charge in [-0.05, 0) is 23.8 Å². The van der Waals surface area contributed by atoms with Crippen molar-refractivity contribution in [2.45, 2.75) is 18.8 Å². The highest BCUT2D eigenvalue weighted by molar-refractivity contribution is 5.97. The Morgan fingerprint density at radius 2 is 1.26 bits per heavy atom. The predicted octanol–water partition coefficient (Wildman–Crippen LogP) is 5.15. The Kier molecular flexibility index (Phi) is 4.49. The van der Waals surface area contributed by atoms with Crippen LogP contribution in [0, 0.1) is 0 Å². The lowest BCUT2D eigenvalue weighted by Crippen LogP contribution is -2.13. The highest BCUT2D eigenvalue weighted by Crippen LogP contribution is 2.36. The van der Waals surface area contributed by atoms with E-state index < -0.39 is 35.7 Å². The third-order valence-corrected chi connectivity index (χ3v) is 3.11. The second kappa shape index (κ2) is 6.06. The van der Waals surface area contributed by atoms with Gasteiger partial charge in [0.15, 0.2) is 5.78 Å². The highest BCUT2D eigenvalue weighted by Gasteiger charge is 2.36. The summed E-state index contributed by atoms with van der Waals surface area (Å²) in [6, 6.07) is 8.81. The molecule has 122 valence electrons. The summed E-state index contributed by atoms with van der Waals surface area (Å²) in [6.45, 7) is 0. The van der Waals surface area contributed by atoms with Crippen LogP contribution in [0.3, 0.4) is 0 Å². The molecular weight excluding hydrogens is 322 g/mol. The van der Waals surface area contributed by atoms with Gasteiger partial charge in [0.05, 0.1) is 11.1 Å². The number of carbonyl (C=O) groups excluding carboxylic acids is 1. The van der Waals surface area contributed by atoms with Crippen molar-refractivity contribution in [1.29, 1.82) is 0 Å². The third kappa shape index (κ3) is 4.34. The van der Waals surface area contributed by atoms with Crippen molar-refractivity contribution < 1.29 is 31.1 Å². The van der Waals surface area contributed by atoms with E-state index in [1.165, 1.54) is 12.1 Å². The molecule has 0 aromatic heterocycles. The molecule has 0 radical (unpaired) electrons. The minimum Gasteiger partial charge on any atom is -0.294 e. The van der Waals surface area contributed by atoms with Crippen LogP contribution in [0.25, 0.3) is 0 Å². The van der Waals surface area contributed by atoms with Gasteiger partial charge in [-0.3, -0.25) is 4.79 Å². The second-order valence-electron chi connectivity index (χ2n) is 4.88. The maximum absolute atomic E-state index is 12.7. The van der Waals surface area contributed by atoms with Crippen LogP contribution in [-0.4, -0.2) is 5.78 Å². The van der Waals surface area contributed by atoms with Crippen LogP contribution in [0.15, 0.2) is 48.5 Å². The van der Waals surface area contributed by atoms with Gasteiger partial charge in [0.25, 0.3) is 0 Å². The van der Waals surface area contributed by atoms with E-state index in [4.69, 9.17) is 0 Å². The van der Waals surface area contributed by atoms with Crippen molar-refractivity contribution in [3.05, 3.63) is 70.8 Å². The molecule has 0 saturated heterocycles. The summed E-state index contributed by atoms with van der Waals surface area (Å²) in [6.07, 6.45) is -10.4. The molecule has 0 amide bonds. The van der Waals surface area contributed by atoms with Crippen molar-refractivity contribution in [1.82, 2.24) is 0 Å². The molecule has 0 bridgehead atoms. The van der Waals surface area contributed by atoms with E-state index in [0.717, 1.165) is 0 Å². The maximum atomic E-state index is 12.7. The Morgan fingerprint density at radius 3 is 1.70 bits per heavy atom. The zero-order valence-electron chi connectivity index (χ0n) is 11.5. The van der Waals surface area contributed by atoms with Crippen molar-refractivity contribution in [2.24, 2.45) is 0 Å². The van der Waals surface area contributed by atoms with Gasteiger partial charge in [-0.25, -0.2) is 0 Å². The standard InChI is InChI=1S/C16H10F6O/c17-15(18,19)12-6-10(7-13(9-12)16(20,21)22)8-14(23)11-4-2-1-3-5-11/h1-7,9H,8H2. The van der Waals surface area contributed by atoms with E-state index in [9.17, 15) is 31.1 Å². The number of halogens is 6. The highest BCUT2D eigenvalue weighted by atomic mass is 19.4. The van der Waals surface area contributed by atoms with Crippen LogP contribution in [0.1, 0.15) is 27.0 Å². The zero-order valence-corrected chi connectivity index (χ0v) is 11.5. The first-order valence-electron chi connectivity index (χ1n) is 6.44. The first-order chi connectivity index (χ1) is 10.6. The SMILES string of the molecule is O=C(Cc1cc(C(F)(F)F)cc(C(F)(F)F)c1)c1ccccc1. The van der Waals surface area contributed by atoms with Crippen molar-refractivity contribution in [3.63, 3.8) is 0 Å². The topological polar surface area (TPSA) is 17.1 Å². The summed E-state index contributed by atoms with van der Waals surface area (Å²) in [4.78, 5) is 12.0. The molecule has 23 heavy (non-hydrogen) atoms. The molecule has 0 aliphatic carbocycles. The van der Waals surface area contributed by atoms with E-state index in [0.29, 0.717) is 12.1 Å². The molecular formula is C16H10F6O. The molecule has 0 saturated carbocycles. The monoisotopic (exact) mass is 332 g/mol. The van der Waals surface area contributed by atoms with E-state index in [-0.39, 0.29) is 17.2 Å². The van der Waals surface area contributed by atoms with Crippen LogP contribution < -0.4 is 0 Å². The van der Waals surface area contributed by atoms with Crippen LogP contribution >= 0.6 is 0 Å². The summed E-state index contributed by atoms with van der Waals surface area (Å²) in [7, 11) is 0. The second-order valence-corrected chi connectivity index (χ2v) is 4.88. The number of carbonyl (C=O) groups is 1.